The molecular weight excluding hydrogens is 439 g/mol. The third-order valence-electron chi connectivity index (χ3n) is 4.94. The van der Waals surface area contributed by atoms with Gasteiger partial charge >= 0.3 is 6.18 Å². The Bertz CT molecular complexity index is 1420. The second-order valence-electron chi connectivity index (χ2n) is 6.98. The molecule has 0 atom stereocenters. The lowest BCUT2D eigenvalue weighted by molar-refractivity contribution is -0.137. The van der Waals surface area contributed by atoms with E-state index in [4.69, 9.17) is 0 Å². The summed E-state index contributed by atoms with van der Waals surface area (Å²) < 4.78 is 66.6. The van der Waals surface area contributed by atoms with E-state index in [1.165, 1.54) is 43.5 Å². The fourth-order valence-corrected chi connectivity index (χ4v) is 4.35. The number of hydrogen-bond acceptors (Lipinski definition) is 3. The quantitative estimate of drug-likeness (QED) is 0.426. The second kappa shape index (κ2) is 8.25. The molecule has 32 heavy (non-hydrogen) atoms. The molecule has 4 aromatic rings. The third-order valence-corrected chi connectivity index (χ3v) is 6.42. The summed E-state index contributed by atoms with van der Waals surface area (Å²) in [5.41, 5.74) is 1.72. The average Bonchev–Trinajstić information content (AvgIpc) is 3.19. The maximum absolute atomic E-state index is 13.2. The van der Waals surface area contributed by atoms with Crippen molar-refractivity contribution in [3.05, 3.63) is 83.7 Å². The molecule has 0 radical (unpaired) electrons. The van der Waals surface area contributed by atoms with Gasteiger partial charge < -0.3 is 4.98 Å². The SMILES string of the molecule is CNS(=O)(=O)c1ccccc1-c1ccc2nc(C=Cc3ccccc3C(F)(F)F)[nH]c2c1. The number of halogens is 3. The summed E-state index contributed by atoms with van der Waals surface area (Å²) in [5, 5.41) is 0. The first-order chi connectivity index (χ1) is 15.2. The van der Waals surface area contributed by atoms with E-state index in [0.29, 0.717) is 28.0 Å². The molecule has 4 rings (SSSR count). The van der Waals surface area contributed by atoms with E-state index in [0.717, 1.165) is 6.07 Å². The van der Waals surface area contributed by atoms with Gasteiger partial charge in [0.1, 0.15) is 5.82 Å². The van der Waals surface area contributed by atoms with Crippen LogP contribution in [0.5, 0.6) is 0 Å². The summed E-state index contributed by atoms with van der Waals surface area (Å²) >= 11 is 0. The van der Waals surface area contributed by atoms with Gasteiger partial charge in [-0.3, -0.25) is 0 Å². The van der Waals surface area contributed by atoms with Gasteiger partial charge in [-0.25, -0.2) is 18.1 Å². The Balaban J connectivity index is 1.72. The first-order valence-electron chi connectivity index (χ1n) is 9.56. The summed E-state index contributed by atoms with van der Waals surface area (Å²) in [6.07, 6.45) is -1.62. The van der Waals surface area contributed by atoms with Gasteiger partial charge in [0, 0.05) is 5.56 Å². The van der Waals surface area contributed by atoms with Gasteiger partial charge in [-0.1, -0.05) is 48.5 Å². The lowest BCUT2D eigenvalue weighted by atomic mass is 10.1. The molecule has 0 saturated heterocycles. The molecule has 5 nitrogen and oxygen atoms in total. The number of sulfonamides is 1. The highest BCUT2D eigenvalue weighted by Gasteiger charge is 2.32. The molecule has 0 fully saturated rings. The van der Waals surface area contributed by atoms with Gasteiger partial charge in [0.15, 0.2) is 0 Å². The van der Waals surface area contributed by atoms with Gasteiger partial charge in [0.2, 0.25) is 10.0 Å². The zero-order chi connectivity index (χ0) is 22.9. The van der Waals surface area contributed by atoms with Gasteiger partial charge in [-0.2, -0.15) is 13.2 Å². The van der Waals surface area contributed by atoms with Crippen LogP contribution in [0.1, 0.15) is 17.0 Å². The number of nitrogens with one attached hydrogen (secondary N) is 2. The van der Waals surface area contributed by atoms with E-state index in [2.05, 4.69) is 14.7 Å². The molecule has 3 aromatic carbocycles. The molecule has 0 amide bonds. The molecular formula is C23H18F3N3O2S. The predicted octanol–water partition coefficient (Wildman–Crippen LogP) is 5.33. The van der Waals surface area contributed by atoms with E-state index >= 15 is 0 Å². The highest BCUT2D eigenvalue weighted by molar-refractivity contribution is 7.89. The van der Waals surface area contributed by atoms with Crippen LogP contribution < -0.4 is 4.72 Å². The lowest BCUT2D eigenvalue weighted by Gasteiger charge is -2.09. The van der Waals surface area contributed by atoms with Crippen LogP contribution in [0, 0.1) is 0 Å². The number of imidazole rings is 1. The molecule has 0 unspecified atom stereocenters. The summed E-state index contributed by atoms with van der Waals surface area (Å²) in [4.78, 5) is 7.59. The van der Waals surface area contributed by atoms with Crippen LogP contribution in [0.15, 0.2) is 71.6 Å². The van der Waals surface area contributed by atoms with E-state index in [-0.39, 0.29) is 10.5 Å². The van der Waals surface area contributed by atoms with Crippen LogP contribution in [-0.2, 0) is 16.2 Å². The maximum Gasteiger partial charge on any atom is 0.416 e. The Morgan fingerprint density at radius 1 is 0.969 bits per heavy atom. The third kappa shape index (κ3) is 4.30. The Morgan fingerprint density at radius 3 is 2.44 bits per heavy atom. The molecule has 0 bridgehead atoms. The number of aromatic nitrogens is 2. The minimum atomic E-state index is -4.45. The number of aromatic amines is 1. The summed E-state index contributed by atoms with van der Waals surface area (Å²) in [6, 6.07) is 17.1. The molecule has 0 aliphatic heterocycles. The van der Waals surface area contributed by atoms with Crippen molar-refractivity contribution >= 4 is 33.2 Å². The molecule has 1 aromatic heterocycles. The number of H-pyrrole nitrogens is 1. The second-order valence-corrected chi connectivity index (χ2v) is 8.83. The number of hydrogen-bond donors (Lipinski definition) is 2. The van der Waals surface area contributed by atoms with Gasteiger partial charge in [0.05, 0.1) is 21.5 Å². The highest BCUT2D eigenvalue weighted by Crippen LogP contribution is 2.33. The van der Waals surface area contributed by atoms with E-state index < -0.39 is 21.8 Å². The summed E-state index contributed by atoms with van der Waals surface area (Å²) in [6.45, 7) is 0. The van der Waals surface area contributed by atoms with Crippen LogP contribution >= 0.6 is 0 Å². The number of alkyl halides is 3. The molecule has 2 N–H and O–H groups in total. The van der Waals surface area contributed by atoms with Crippen molar-refractivity contribution in [1.82, 2.24) is 14.7 Å². The van der Waals surface area contributed by atoms with Crippen molar-refractivity contribution in [2.45, 2.75) is 11.1 Å². The number of nitrogens with zero attached hydrogens (tertiary/aromatic N) is 1. The molecule has 164 valence electrons. The van der Waals surface area contributed by atoms with Crippen molar-refractivity contribution < 1.29 is 21.6 Å². The standard InChI is InChI=1S/C23H18F3N3O2S/c1-27-32(30,31)21-9-5-3-7-17(21)16-10-12-19-20(14-16)29-22(28-19)13-11-15-6-2-4-8-18(15)23(24,25)26/h2-14,27H,1H3,(H,28,29). The van der Waals surface area contributed by atoms with Crippen molar-refractivity contribution in [3.63, 3.8) is 0 Å². The topological polar surface area (TPSA) is 74.8 Å². The summed E-state index contributed by atoms with van der Waals surface area (Å²) in [5.74, 6) is 0.380. The summed E-state index contributed by atoms with van der Waals surface area (Å²) in [7, 11) is -2.31. The first-order valence-corrected chi connectivity index (χ1v) is 11.0. The highest BCUT2D eigenvalue weighted by atomic mass is 32.2. The molecule has 0 aliphatic carbocycles. The molecule has 1 heterocycles. The van der Waals surface area contributed by atoms with Crippen LogP contribution in [0.2, 0.25) is 0 Å². The van der Waals surface area contributed by atoms with Crippen molar-refractivity contribution in [1.29, 1.82) is 0 Å². The molecule has 0 aliphatic rings. The molecule has 9 heteroatoms. The van der Waals surface area contributed by atoms with Crippen LogP contribution in [0.3, 0.4) is 0 Å². The zero-order valence-electron chi connectivity index (χ0n) is 16.8. The van der Waals surface area contributed by atoms with Crippen molar-refractivity contribution in [2.75, 3.05) is 7.05 Å². The van der Waals surface area contributed by atoms with Gasteiger partial charge in [-0.05, 0) is 48.5 Å². The first kappa shape index (κ1) is 21.8. The minimum Gasteiger partial charge on any atom is -0.338 e. The van der Waals surface area contributed by atoms with Crippen molar-refractivity contribution in [3.8, 4) is 11.1 Å². The van der Waals surface area contributed by atoms with Crippen LogP contribution in [0.4, 0.5) is 13.2 Å². The van der Waals surface area contributed by atoms with Crippen LogP contribution in [-0.4, -0.2) is 25.4 Å². The fraction of sp³-hybridized carbons (Fsp3) is 0.0870. The number of rotatable bonds is 5. The number of benzene rings is 3. The zero-order valence-corrected chi connectivity index (χ0v) is 17.6. The largest absolute Gasteiger partial charge is 0.416 e. The Morgan fingerprint density at radius 2 is 1.69 bits per heavy atom. The lowest BCUT2D eigenvalue weighted by Crippen LogP contribution is -2.19. The van der Waals surface area contributed by atoms with Gasteiger partial charge in [-0.15, -0.1) is 0 Å². The normalized spacial score (nSPS) is 12.6. The fourth-order valence-electron chi connectivity index (χ4n) is 3.39. The van der Waals surface area contributed by atoms with E-state index in [1.807, 2.05) is 0 Å². The Kier molecular flexibility index (Phi) is 5.62. The molecule has 0 saturated carbocycles. The van der Waals surface area contributed by atoms with Crippen molar-refractivity contribution in [2.24, 2.45) is 0 Å². The van der Waals surface area contributed by atoms with E-state index in [9.17, 15) is 21.6 Å². The smallest absolute Gasteiger partial charge is 0.338 e. The predicted molar refractivity (Wildman–Crippen MR) is 118 cm³/mol. The molecule has 0 spiro atoms. The Hall–Kier alpha value is -3.43. The van der Waals surface area contributed by atoms with Crippen LogP contribution in [0.25, 0.3) is 34.3 Å². The average molecular weight is 457 g/mol. The van der Waals surface area contributed by atoms with E-state index in [1.54, 1.807) is 36.4 Å². The Labute approximate surface area is 182 Å². The maximum atomic E-state index is 13.2. The van der Waals surface area contributed by atoms with Gasteiger partial charge in [0.25, 0.3) is 0 Å². The minimum absolute atomic E-state index is 0.0346. The number of fused-ring (bicyclic) bond motifs is 1. The monoisotopic (exact) mass is 457 g/mol.